The van der Waals surface area contributed by atoms with Crippen LogP contribution in [0.2, 0.25) is 0 Å². The molecule has 3 aromatic rings. The first kappa shape index (κ1) is 17.7. The first-order valence-electron chi connectivity index (χ1n) is 8.78. The highest BCUT2D eigenvalue weighted by molar-refractivity contribution is 5.78. The molecule has 0 bridgehead atoms. The Kier molecular flexibility index (Phi) is 6.05. The quantitative estimate of drug-likeness (QED) is 0.688. The Bertz CT molecular complexity index is 859. The molecule has 0 spiro atoms. The van der Waals surface area contributed by atoms with E-state index in [1.165, 1.54) is 0 Å². The first-order valence-corrected chi connectivity index (χ1v) is 8.78. The van der Waals surface area contributed by atoms with Gasteiger partial charge in [0.2, 0.25) is 5.91 Å². The van der Waals surface area contributed by atoms with Crippen LogP contribution >= 0.6 is 0 Å². The van der Waals surface area contributed by atoms with Crippen LogP contribution in [0, 0.1) is 6.92 Å². The molecule has 0 aliphatic carbocycles. The summed E-state index contributed by atoms with van der Waals surface area (Å²) in [7, 11) is 0. The zero-order valence-corrected chi connectivity index (χ0v) is 14.9. The fraction of sp³-hybridized carbons (Fsp3) is 0.174. The van der Waals surface area contributed by atoms with E-state index in [0.717, 1.165) is 28.0 Å². The van der Waals surface area contributed by atoms with Gasteiger partial charge in [0, 0.05) is 6.54 Å². The summed E-state index contributed by atoms with van der Waals surface area (Å²) in [6, 6.07) is 25.7. The second-order valence-corrected chi connectivity index (χ2v) is 6.25. The Morgan fingerprint density at radius 3 is 2.15 bits per heavy atom. The Balaban J connectivity index is 1.58. The number of aryl methyl sites for hydroxylation is 1. The molecule has 3 rings (SSSR count). The van der Waals surface area contributed by atoms with Gasteiger partial charge >= 0.3 is 0 Å². The Labute approximate surface area is 154 Å². The zero-order valence-electron chi connectivity index (χ0n) is 14.9. The van der Waals surface area contributed by atoms with E-state index in [2.05, 4.69) is 5.32 Å². The zero-order chi connectivity index (χ0) is 18.2. The standard InChI is InChI=1S/C23H23NO2/c1-18-9-5-6-10-19(18)15-23(25)24-16-20-11-7-8-12-21(20)17-26-22-13-3-2-4-14-22/h2-14H,15-17H2,1H3,(H,24,25). The molecule has 0 fully saturated rings. The molecule has 1 amide bonds. The van der Waals surface area contributed by atoms with Crippen LogP contribution in [-0.4, -0.2) is 5.91 Å². The van der Waals surface area contributed by atoms with Crippen LogP contribution in [0.4, 0.5) is 0 Å². The van der Waals surface area contributed by atoms with Crippen molar-refractivity contribution in [1.29, 1.82) is 0 Å². The normalized spacial score (nSPS) is 10.3. The number of carbonyl (C=O) groups excluding carboxylic acids is 1. The number of benzene rings is 3. The Hall–Kier alpha value is -3.07. The highest BCUT2D eigenvalue weighted by Gasteiger charge is 2.08. The minimum Gasteiger partial charge on any atom is -0.489 e. The smallest absolute Gasteiger partial charge is 0.224 e. The van der Waals surface area contributed by atoms with Gasteiger partial charge in [0.25, 0.3) is 0 Å². The third-order valence-electron chi connectivity index (χ3n) is 4.34. The van der Waals surface area contributed by atoms with E-state index >= 15 is 0 Å². The van der Waals surface area contributed by atoms with Crippen LogP contribution in [0.15, 0.2) is 78.9 Å². The lowest BCUT2D eigenvalue weighted by Gasteiger charge is -2.12. The maximum absolute atomic E-state index is 12.3. The monoisotopic (exact) mass is 345 g/mol. The summed E-state index contributed by atoms with van der Waals surface area (Å²) in [4.78, 5) is 12.3. The molecule has 0 aliphatic heterocycles. The number of rotatable bonds is 7. The van der Waals surface area contributed by atoms with Crippen LogP contribution < -0.4 is 10.1 Å². The van der Waals surface area contributed by atoms with Crippen LogP contribution in [-0.2, 0) is 24.4 Å². The molecule has 0 unspecified atom stereocenters. The maximum Gasteiger partial charge on any atom is 0.224 e. The van der Waals surface area contributed by atoms with Crippen molar-refractivity contribution < 1.29 is 9.53 Å². The van der Waals surface area contributed by atoms with Crippen molar-refractivity contribution >= 4 is 5.91 Å². The van der Waals surface area contributed by atoms with Gasteiger partial charge in [-0.15, -0.1) is 0 Å². The number of hydrogen-bond donors (Lipinski definition) is 1. The second-order valence-electron chi connectivity index (χ2n) is 6.25. The lowest BCUT2D eigenvalue weighted by atomic mass is 10.1. The molecule has 0 saturated carbocycles. The van der Waals surface area contributed by atoms with Crippen molar-refractivity contribution in [2.75, 3.05) is 0 Å². The number of ether oxygens (including phenoxy) is 1. The van der Waals surface area contributed by atoms with Crippen LogP contribution in [0.5, 0.6) is 5.75 Å². The van der Waals surface area contributed by atoms with E-state index in [0.29, 0.717) is 19.6 Å². The molecule has 26 heavy (non-hydrogen) atoms. The van der Waals surface area contributed by atoms with Crippen molar-refractivity contribution in [3.63, 3.8) is 0 Å². The van der Waals surface area contributed by atoms with E-state index in [4.69, 9.17) is 4.74 Å². The molecule has 3 aromatic carbocycles. The first-order chi connectivity index (χ1) is 12.7. The summed E-state index contributed by atoms with van der Waals surface area (Å²) in [5.74, 6) is 0.865. The summed E-state index contributed by atoms with van der Waals surface area (Å²) in [6.07, 6.45) is 0.398. The molecule has 3 nitrogen and oxygen atoms in total. The summed E-state index contributed by atoms with van der Waals surface area (Å²) >= 11 is 0. The third kappa shape index (κ3) is 4.96. The van der Waals surface area contributed by atoms with Crippen LogP contribution in [0.25, 0.3) is 0 Å². The maximum atomic E-state index is 12.3. The fourth-order valence-corrected chi connectivity index (χ4v) is 2.79. The van der Waals surface area contributed by atoms with Gasteiger partial charge in [-0.2, -0.15) is 0 Å². The summed E-state index contributed by atoms with van der Waals surface area (Å²) in [6.45, 7) is 3.01. The Morgan fingerprint density at radius 1 is 0.808 bits per heavy atom. The lowest BCUT2D eigenvalue weighted by Crippen LogP contribution is -2.25. The highest BCUT2D eigenvalue weighted by Crippen LogP contribution is 2.15. The van der Waals surface area contributed by atoms with E-state index in [9.17, 15) is 4.79 Å². The van der Waals surface area contributed by atoms with Gasteiger partial charge in [0.1, 0.15) is 12.4 Å². The SMILES string of the molecule is Cc1ccccc1CC(=O)NCc1ccccc1COc1ccccc1. The van der Waals surface area contributed by atoms with Crippen molar-refractivity contribution in [3.8, 4) is 5.75 Å². The van der Waals surface area contributed by atoms with Gasteiger partial charge in [-0.3, -0.25) is 4.79 Å². The van der Waals surface area contributed by atoms with Crippen molar-refractivity contribution in [2.24, 2.45) is 0 Å². The average Bonchev–Trinajstić information content (AvgIpc) is 2.68. The predicted octanol–water partition coefficient (Wildman–Crippen LogP) is 4.43. The minimum atomic E-state index is 0.0260. The van der Waals surface area contributed by atoms with Gasteiger partial charge in [0.15, 0.2) is 0 Å². The summed E-state index contributed by atoms with van der Waals surface area (Å²) in [5.41, 5.74) is 4.35. The molecule has 132 valence electrons. The molecule has 0 heterocycles. The molecule has 0 atom stereocenters. The third-order valence-corrected chi connectivity index (χ3v) is 4.34. The molecule has 0 radical (unpaired) electrons. The van der Waals surface area contributed by atoms with Crippen molar-refractivity contribution in [1.82, 2.24) is 5.32 Å². The molecule has 1 N–H and O–H groups in total. The lowest BCUT2D eigenvalue weighted by molar-refractivity contribution is -0.120. The van der Waals surface area contributed by atoms with Crippen LogP contribution in [0.1, 0.15) is 22.3 Å². The molecule has 0 aromatic heterocycles. The Morgan fingerprint density at radius 2 is 1.42 bits per heavy atom. The van der Waals surface area contributed by atoms with Gasteiger partial charge in [-0.05, 0) is 41.3 Å². The second kappa shape index (κ2) is 8.86. The molecule has 0 aliphatic rings. The molecule has 0 saturated heterocycles. The molecular weight excluding hydrogens is 322 g/mol. The van der Waals surface area contributed by atoms with Gasteiger partial charge in [-0.1, -0.05) is 66.7 Å². The van der Waals surface area contributed by atoms with Gasteiger partial charge < -0.3 is 10.1 Å². The number of amides is 1. The summed E-state index contributed by atoms with van der Waals surface area (Å²) in [5, 5.41) is 3.02. The van der Waals surface area contributed by atoms with E-state index < -0.39 is 0 Å². The van der Waals surface area contributed by atoms with E-state index in [-0.39, 0.29) is 5.91 Å². The van der Waals surface area contributed by atoms with Gasteiger partial charge in [-0.25, -0.2) is 0 Å². The molecule has 3 heteroatoms. The highest BCUT2D eigenvalue weighted by atomic mass is 16.5. The van der Waals surface area contributed by atoms with E-state index in [1.54, 1.807) is 0 Å². The van der Waals surface area contributed by atoms with Crippen molar-refractivity contribution in [2.45, 2.75) is 26.5 Å². The average molecular weight is 345 g/mol. The topological polar surface area (TPSA) is 38.3 Å². The number of hydrogen-bond acceptors (Lipinski definition) is 2. The van der Waals surface area contributed by atoms with Crippen molar-refractivity contribution in [3.05, 3.63) is 101 Å². The predicted molar refractivity (Wildman–Crippen MR) is 104 cm³/mol. The fourth-order valence-electron chi connectivity index (χ4n) is 2.79. The minimum absolute atomic E-state index is 0.0260. The number of para-hydroxylation sites is 1. The van der Waals surface area contributed by atoms with Gasteiger partial charge in [0.05, 0.1) is 6.42 Å². The number of carbonyl (C=O) groups is 1. The van der Waals surface area contributed by atoms with E-state index in [1.807, 2.05) is 85.8 Å². The largest absolute Gasteiger partial charge is 0.489 e. The van der Waals surface area contributed by atoms with Crippen LogP contribution in [0.3, 0.4) is 0 Å². The molecular formula is C23H23NO2. The summed E-state index contributed by atoms with van der Waals surface area (Å²) < 4.78 is 5.84. The number of nitrogens with one attached hydrogen (secondary N) is 1.